The van der Waals surface area contributed by atoms with Gasteiger partial charge in [0.25, 0.3) is 0 Å². The summed E-state index contributed by atoms with van der Waals surface area (Å²) >= 11 is 0. The predicted molar refractivity (Wildman–Crippen MR) is 94.3 cm³/mol. The monoisotopic (exact) mass is 297 g/mol. The van der Waals surface area contributed by atoms with E-state index in [1.54, 1.807) is 12.1 Å². The first-order valence-electron chi connectivity index (χ1n) is 8.19. The summed E-state index contributed by atoms with van der Waals surface area (Å²) < 4.78 is 0. The van der Waals surface area contributed by atoms with Gasteiger partial charge in [0.1, 0.15) is 5.75 Å². The first-order chi connectivity index (χ1) is 10.7. The van der Waals surface area contributed by atoms with Crippen LogP contribution in [0.2, 0.25) is 0 Å². The van der Waals surface area contributed by atoms with Gasteiger partial charge in [-0.15, -0.1) is 0 Å². The smallest absolute Gasteiger partial charge is 0.115 e. The normalized spacial score (nSPS) is 15.5. The molecule has 2 rings (SSSR count). The molecule has 1 aromatic carbocycles. The Bertz CT molecular complexity index is 545. The molecule has 0 bridgehead atoms. The van der Waals surface area contributed by atoms with Gasteiger partial charge in [-0.3, -0.25) is 0 Å². The molecule has 0 saturated heterocycles. The molecule has 1 aromatic rings. The van der Waals surface area contributed by atoms with E-state index >= 15 is 0 Å². The van der Waals surface area contributed by atoms with Gasteiger partial charge >= 0.3 is 0 Å². The summed E-state index contributed by atoms with van der Waals surface area (Å²) in [5.74, 6) is 0.387. The van der Waals surface area contributed by atoms with Crippen molar-refractivity contribution in [1.82, 2.24) is 4.90 Å². The van der Waals surface area contributed by atoms with E-state index in [-0.39, 0.29) is 0 Å². The molecule has 0 unspecified atom stereocenters. The molecule has 0 spiro atoms. The fourth-order valence-corrected chi connectivity index (χ4v) is 2.96. The number of benzene rings is 1. The van der Waals surface area contributed by atoms with E-state index in [9.17, 15) is 5.11 Å². The van der Waals surface area contributed by atoms with E-state index in [0.29, 0.717) is 5.75 Å². The molecule has 0 radical (unpaired) electrons. The fourth-order valence-electron chi connectivity index (χ4n) is 2.96. The summed E-state index contributed by atoms with van der Waals surface area (Å²) in [6, 6.07) is 5.80. The molecule has 0 atom stereocenters. The molecule has 0 fully saturated rings. The maximum Gasteiger partial charge on any atom is 0.115 e. The minimum atomic E-state index is 0.387. The Kier molecular flexibility index (Phi) is 6.47. The first-order valence-corrected chi connectivity index (χ1v) is 8.19. The molecule has 2 heteroatoms. The maximum atomic E-state index is 9.60. The van der Waals surface area contributed by atoms with Crippen LogP contribution in [0.4, 0.5) is 0 Å². The second-order valence-electron chi connectivity index (χ2n) is 6.00. The van der Waals surface area contributed by atoms with Crippen molar-refractivity contribution in [3.8, 4) is 5.75 Å². The number of rotatable bonds is 7. The van der Waals surface area contributed by atoms with Crippen LogP contribution < -0.4 is 0 Å². The number of aromatic hydroxyl groups is 1. The van der Waals surface area contributed by atoms with Crippen molar-refractivity contribution < 1.29 is 5.11 Å². The summed E-state index contributed by atoms with van der Waals surface area (Å²) in [7, 11) is 0. The lowest BCUT2D eigenvalue weighted by Crippen LogP contribution is -2.27. The Morgan fingerprint density at radius 2 is 1.95 bits per heavy atom. The Labute approximate surface area is 134 Å². The highest BCUT2D eigenvalue weighted by Gasteiger charge is 2.13. The third-order valence-corrected chi connectivity index (χ3v) is 4.27. The number of fused-ring (bicyclic) bond motifs is 1. The largest absolute Gasteiger partial charge is 0.508 e. The molecule has 1 aliphatic heterocycles. The summed E-state index contributed by atoms with van der Waals surface area (Å²) in [6.45, 7) is 11.1. The van der Waals surface area contributed by atoms with Crippen LogP contribution in [0.1, 0.15) is 30.4 Å². The molecule has 1 heterocycles. The van der Waals surface area contributed by atoms with Gasteiger partial charge in [-0.25, -0.2) is 0 Å². The molecule has 0 aliphatic carbocycles. The second-order valence-corrected chi connectivity index (χ2v) is 6.00. The van der Waals surface area contributed by atoms with E-state index in [1.807, 2.05) is 18.2 Å². The van der Waals surface area contributed by atoms with E-state index in [1.165, 1.54) is 29.5 Å². The van der Waals surface area contributed by atoms with Crippen LogP contribution in [0.25, 0.3) is 0 Å². The van der Waals surface area contributed by atoms with Crippen LogP contribution >= 0.6 is 0 Å². The number of nitrogens with zero attached hydrogens (tertiary/aromatic N) is 1. The lowest BCUT2D eigenvalue weighted by atomic mass is 10.0. The summed E-state index contributed by atoms with van der Waals surface area (Å²) in [5, 5.41) is 9.60. The summed E-state index contributed by atoms with van der Waals surface area (Å²) in [5.41, 5.74) is 3.88. The van der Waals surface area contributed by atoms with Crippen molar-refractivity contribution in [3.63, 3.8) is 0 Å². The Hall–Kier alpha value is -1.80. The van der Waals surface area contributed by atoms with Crippen LogP contribution in [-0.4, -0.2) is 29.6 Å². The van der Waals surface area contributed by atoms with Crippen molar-refractivity contribution in [1.29, 1.82) is 0 Å². The average Bonchev–Trinajstić information content (AvgIpc) is 2.71. The highest BCUT2D eigenvalue weighted by Crippen LogP contribution is 2.21. The van der Waals surface area contributed by atoms with E-state index in [2.05, 4.69) is 24.1 Å². The van der Waals surface area contributed by atoms with E-state index in [4.69, 9.17) is 0 Å². The molecule has 0 aromatic heterocycles. The van der Waals surface area contributed by atoms with Crippen LogP contribution in [0, 0.1) is 0 Å². The molecule has 22 heavy (non-hydrogen) atoms. The topological polar surface area (TPSA) is 23.5 Å². The third-order valence-electron chi connectivity index (χ3n) is 4.27. The average molecular weight is 297 g/mol. The first kappa shape index (κ1) is 16.6. The fraction of sp³-hybridized carbons (Fsp3) is 0.400. The standard InChI is InChI=1S/C20H27NO/c1-3-4-7-17(2)8-5-6-13-21-14-11-18-9-10-20(22)16-19(18)12-15-21/h3-4,7,9-10,16,22H,1-2,5-6,8,11-15H2/b7-4-. The van der Waals surface area contributed by atoms with Gasteiger partial charge in [-0.1, -0.05) is 43.0 Å². The zero-order valence-corrected chi connectivity index (χ0v) is 13.4. The minimum absolute atomic E-state index is 0.387. The van der Waals surface area contributed by atoms with Gasteiger partial charge in [0.05, 0.1) is 0 Å². The number of hydrogen-bond acceptors (Lipinski definition) is 2. The van der Waals surface area contributed by atoms with Crippen molar-refractivity contribution >= 4 is 0 Å². The molecule has 118 valence electrons. The number of phenolic OH excluding ortho intramolecular Hbond substituents is 1. The Balaban J connectivity index is 1.71. The molecule has 1 aliphatic rings. The number of hydrogen-bond donors (Lipinski definition) is 1. The lowest BCUT2D eigenvalue weighted by Gasteiger charge is -2.19. The van der Waals surface area contributed by atoms with Crippen LogP contribution in [0.3, 0.4) is 0 Å². The molecule has 1 N–H and O–H groups in total. The van der Waals surface area contributed by atoms with Crippen molar-refractivity contribution in [3.05, 3.63) is 66.3 Å². The van der Waals surface area contributed by atoms with Crippen molar-refractivity contribution in [2.45, 2.75) is 32.1 Å². The molecule has 0 amide bonds. The lowest BCUT2D eigenvalue weighted by molar-refractivity contribution is 0.281. The van der Waals surface area contributed by atoms with Crippen LogP contribution in [-0.2, 0) is 12.8 Å². The van der Waals surface area contributed by atoms with E-state index in [0.717, 1.165) is 38.9 Å². The van der Waals surface area contributed by atoms with E-state index < -0.39 is 0 Å². The zero-order chi connectivity index (χ0) is 15.8. The second kappa shape index (κ2) is 8.60. The SMILES string of the molecule is C=C/C=C\C(=C)CCCCN1CCc2ccc(O)cc2CC1. The maximum absolute atomic E-state index is 9.60. The van der Waals surface area contributed by atoms with Crippen LogP contribution in [0.5, 0.6) is 5.75 Å². The van der Waals surface area contributed by atoms with Gasteiger partial charge in [0.2, 0.25) is 0 Å². The Morgan fingerprint density at radius 1 is 1.18 bits per heavy atom. The number of unbranched alkanes of at least 4 members (excludes halogenated alkanes) is 1. The van der Waals surface area contributed by atoms with Crippen molar-refractivity contribution in [2.24, 2.45) is 0 Å². The van der Waals surface area contributed by atoms with Crippen molar-refractivity contribution in [2.75, 3.05) is 19.6 Å². The molecular formula is C20H27NO. The quantitative estimate of drug-likeness (QED) is 0.600. The summed E-state index contributed by atoms with van der Waals surface area (Å²) in [4.78, 5) is 2.54. The van der Waals surface area contributed by atoms with Gasteiger partial charge in [0.15, 0.2) is 0 Å². The molecule has 0 saturated carbocycles. The highest BCUT2D eigenvalue weighted by atomic mass is 16.3. The van der Waals surface area contributed by atoms with Gasteiger partial charge in [-0.05, 0) is 61.9 Å². The Morgan fingerprint density at radius 3 is 2.73 bits per heavy atom. The molecule has 2 nitrogen and oxygen atoms in total. The number of allylic oxidation sites excluding steroid dienone is 4. The highest BCUT2D eigenvalue weighted by molar-refractivity contribution is 5.36. The summed E-state index contributed by atoms with van der Waals surface area (Å²) in [6.07, 6.45) is 11.4. The van der Waals surface area contributed by atoms with Gasteiger partial charge < -0.3 is 10.0 Å². The molecular weight excluding hydrogens is 270 g/mol. The third kappa shape index (κ3) is 5.19. The van der Waals surface area contributed by atoms with Gasteiger partial charge in [-0.2, -0.15) is 0 Å². The van der Waals surface area contributed by atoms with Crippen LogP contribution in [0.15, 0.2) is 55.2 Å². The predicted octanol–water partition coefficient (Wildman–Crippen LogP) is 4.26. The minimum Gasteiger partial charge on any atom is -0.508 e. The number of phenols is 1. The van der Waals surface area contributed by atoms with Gasteiger partial charge in [0, 0.05) is 13.1 Å². The zero-order valence-electron chi connectivity index (χ0n) is 13.4.